The smallest absolute Gasteiger partial charge is 0.241 e. The van der Waals surface area contributed by atoms with Gasteiger partial charge in [0.2, 0.25) is 0 Å². The summed E-state index contributed by atoms with van der Waals surface area (Å²) in [4.78, 5) is 16.0. The Labute approximate surface area is 130 Å². The Morgan fingerprint density at radius 1 is 0.727 bits per heavy atom. The molecule has 0 aromatic carbocycles. The molecular weight excluding hydrogens is 286 g/mol. The summed E-state index contributed by atoms with van der Waals surface area (Å²) in [6.45, 7) is 9.99. The number of halogens is 2. The summed E-state index contributed by atoms with van der Waals surface area (Å²) in [6.07, 6.45) is 3.57. The Morgan fingerprint density at radius 3 is 1.41 bits per heavy atom. The van der Waals surface area contributed by atoms with E-state index in [1.807, 2.05) is 33.2 Å². The summed E-state index contributed by atoms with van der Waals surface area (Å²) in [5.74, 6) is 2.13. The standard InChI is InChI=1S/C8H10F2N2.C8H12N2/c1-5(2)8-11-3-6(4-12-8)7(9)10;1-6(2)8-9-4-7(3)5-10-8/h3-5,7H,1-2H3;4-6H,1-3H3. The predicted molar refractivity (Wildman–Crippen MR) is 81.9 cm³/mol. The van der Waals surface area contributed by atoms with Gasteiger partial charge in [-0.1, -0.05) is 27.7 Å². The number of hydrogen-bond donors (Lipinski definition) is 0. The Balaban J connectivity index is 0.000000224. The average molecular weight is 308 g/mol. The van der Waals surface area contributed by atoms with Crippen LogP contribution in [0, 0.1) is 6.92 Å². The lowest BCUT2D eigenvalue weighted by Gasteiger charge is -2.03. The summed E-state index contributed by atoms with van der Waals surface area (Å²) < 4.78 is 24.0. The molecule has 0 bridgehead atoms. The summed E-state index contributed by atoms with van der Waals surface area (Å²) in [5.41, 5.74) is 0.990. The van der Waals surface area contributed by atoms with Gasteiger partial charge in [-0.3, -0.25) is 0 Å². The molecule has 2 rings (SSSR count). The first-order chi connectivity index (χ1) is 10.3. The minimum Gasteiger partial charge on any atom is -0.241 e. The van der Waals surface area contributed by atoms with E-state index in [2.05, 4.69) is 33.8 Å². The molecule has 2 aromatic rings. The lowest BCUT2D eigenvalue weighted by atomic mass is 10.2. The fraction of sp³-hybridized carbons (Fsp3) is 0.500. The normalized spacial score (nSPS) is 10.8. The summed E-state index contributed by atoms with van der Waals surface area (Å²) in [6, 6.07) is 0. The van der Waals surface area contributed by atoms with Crippen LogP contribution in [0.4, 0.5) is 8.78 Å². The Kier molecular flexibility index (Phi) is 6.95. The second-order valence-electron chi connectivity index (χ2n) is 5.60. The van der Waals surface area contributed by atoms with Crippen LogP contribution in [-0.4, -0.2) is 19.9 Å². The molecule has 0 unspecified atom stereocenters. The molecule has 0 aliphatic heterocycles. The molecular formula is C16H22F2N4. The predicted octanol–water partition coefficient (Wildman–Crippen LogP) is 4.45. The molecule has 0 N–H and O–H groups in total. The van der Waals surface area contributed by atoms with E-state index >= 15 is 0 Å². The van der Waals surface area contributed by atoms with E-state index in [0.29, 0.717) is 11.7 Å². The molecule has 4 nitrogen and oxygen atoms in total. The number of alkyl halides is 2. The molecule has 0 aliphatic rings. The fourth-order valence-corrected chi connectivity index (χ4v) is 1.46. The summed E-state index contributed by atoms with van der Waals surface area (Å²) in [7, 11) is 0. The molecule has 0 radical (unpaired) electrons. The van der Waals surface area contributed by atoms with Gasteiger partial charge >= 0.3 is 0 Å². The van der Waals surface area contributed by atoms with Gasteiger partial charge in [0.25, 0.3) is 6.43 Å². The lowest BCUT2D eigenvalue weighted by Crippen LogP contribution is -1.98. The average Bonchev–Trinajstić information content (AvgIpc) is 2.48. The Morgan fingerprint density at radius 2 is 1.09 bits per heavy atom. The molecule has 22 heavy (non-hydrogen) atoms. The van der Waals surface area contributed by atoms with Gasteiger partial charge in [0.05, 0.1) is 5.56 Å². The third-order valence-corrected chi connectivity index (χ3v) is 2.78. The quantitative estimate of drug-likeness (QED) is 0.840. The van der Waals surface area contributed by atoms with Crippen molar-refractivity contribution in [1.29, 1.82) is 0 Å². The maximum Gasteiger partial charge on any atom is 0.266 e. The highest BCUT2D eigenvalue weighted by molar-refractivity contribution is 5.07. The van der Waals surface area contributed by atoms with Crippen LogP contribution >= 0.6 is 0 Å². The SMILES string of the molecule is CC(C)c1ncc(C(F)F)cn1.Cc1cnc(C(C)C)nc1. The molecule has 2 aromatic heterocycles. The van der Waals surface area contributed by atoms with Gasteiger partial charge in [-0.25, -0.2) is 28.7 Å². The van der Waals surface area contributed by atoms with E-state index < -0.39 is 6.43 Å². The molecule has 0 spiro atoms. The molecule has 0 atom stereocenters. The van der Waals surface area contributed by atoms with Crippen molar-refractivity contribution in [2.24, 2.45) is 0 Å². The van der Waals surface area contributed by atoms with Crippen LogP contribution in [0.15, 0.2) is 24.8 Å². The van der Waals surface area contributed by atoms with Crippen LogP contribution in [0.3, 0.4) is 0 Å². The second kappa shape index (κ2) is 8.46. The van der Waals surface area contributed by atoms with Crippen molar-refractivity contribution < 1.29 is 8.78 Å². The number of nitrogens with zero attached hydrogens (tertiary/aromatic N) is 4. The maximum atomic E-state index is 12.0. The fourth-order valence-electron chi connectivity index (χ4n) is 1.46. The first-order valence-corrected chi connectivity index (χ1v) is 7.19. The van der Waals surface area contributed by atoms with Gasteiger partial charge in [0.1, 0.15) is 11.6 Å². The summed E-state index contributed by atoms with van der Waals surface area (Å²) >= 11 is 0. The third kappa shape index (κ3) is 5.79. The van der Waals surface area contributed by atoms with Crippen LogP contribution in [-0.2, 0) is 0 Å². The lowest BCUT2D eigenvalue weighted by molar-refractivity contribution is 0.150. The molecule has 0 aliphatic carbocycles. The van der Waals surface area contributed by atoms with Gasteiger partial charge in [0, 0.05) is 36.6 Å². The van der Waals surface area contributed by atoms with Gasteiger partial charge in [-0.05, 0) is 12.5 Å². The minimum atomic E-state index is -2.48. The van der Waals surface area contributed by atoms with E-state index in [9.17, 15) is 8.78 Å². The highest BCUT2D eigenvalue weighted by Gasteiger charge is 2.08. The van der Waals surface area contributed by atoms with Crippen LogP contribution < -0.4 is 0 Å². The van der Waals surface area contributed by atoms with Crippen molar-refractivity contribution in [1.82, 2.24) is 19.9 Å². The molecule has 0 amide bonds. The van der Waals surface area contributed by atoms with Crippen LogP contribution in [0.25, 0.3) is 0 Å². The van der Waals surface area contributed by atoms with Crippen LogP contribution in [0.5, 0.6) is 0 Å². The number of aryl methyl sites for hydroxylation is 1. The van der Waals surface area contributed by atoms with Crippen molar-refractivity contribution in [3.63, 3.8) is 0 Å². The monoisotopic (exact) mass is 308 g/mol. The van der Waals surface area contributed by atoms with E-state index in [4.69, 9.17) is 0 Å². The first kappa shape index (κ1) is 18.1. The van der Waals surface area contributed by atoms with E-state index in [0.717, 1.165) is 11.4 Å². The van der Waals surface area contributed by atoms with Crippen LogP contribution in [0.1, 0.15) is 68.7 Å². The number of rotatable bonds is 3. The van der Waals surface area contributed by atoms with Crippen molar-refractivity contribution in [2.75, 3.05) is 0 Å². The largest absolute Gasteiger partial charge is 0.266 e. The van der Waals surface area contributed by atoms with Crippen molar-refractivity contribution in [3.05, 3.63) is 47.6 Å². The first-order valence-electron chi connectivity index (χ1n) is 7.19. The third-order valence-electron chi connectivity index (χ3n) is 2.78. The maximum absolute atomic E-state index is 12.0. The highest BCUT2D eigenvalue weighted by Crippen LogP contribution is 2.17. The van der Waals surface area contributed by atoms with Crippen molar-refractivity contribution in [3.8, 4) is 0 Å². The zero-order chi connectivity index (χ0) is 16.7. The van der Waals surface area contributed by atoms with E-state index in [1.54, 1.807) is 0 Å². The molecule has 0 fully saturated rings. The van der Waals surface area contributed by atoms with E-state index in [1.165, 1.54) is 12.4 Å². The molecule has 6 heteroatoms. The molecule has 2 heterocycles. The van der Waals surface area contributed by atoms with Crippen molar-refractivity contribution >= 4 is 0 Å². The molecule has 0 saturated heterocycles. The van der Waals surface area contributed by atoms with Gasteiger partial charge < -0.3 is 0 Å². The Hall–Kier alpha value is -1.98. The number of aromatic nitrogens is 4. The van der Waals surface area contributed by atoms with Crippen molar-refractivity contribution in [2.45, 2.75) is 52.9 Å². The van der Waals surface area contributed by atoms with Gasteiger partial charge in [0.15, 0.2) is 0 Å². The van der Waals surface area contributed by atoms with Crippen LogP contribution in [0.2, 0.25) is 0 Å². The summed E-state index contributed by atoms with van der Waals surface area (Å²) in [5, 5.41) is 0. The highest BCUT2D eigenvalue weighted by atomic mass is 19.3. The van der Waals surface area contributed by atoms with E-state index in [-0.39, 0.29) is 11.5 Å². The molecule has 120 valence electrons. The zero-order valence-corrected chi connectivity index (χ0v) is 13.6. The topological polar surface area (TPSA) is 51.6 Å². The second-order valence-corrected chi connectivity index (χ2v) is 5.60. The van der Waals surface area contributed by atoms with Gasteiger partial charge in [-0.2, -0.15) is 0 Å². The van der Waals surface area contributed by atoms with Gasteiger partial charge in [-0.15, -0.1) is 0 Å². The zero-order valence-electron chi connectivity index (χ0n) is 13.6. The molecule has 0 saturated carbocycles. The number of hydrogen-bond acceptors (Lipinski definition) is 4. The minimum absolute atomic E-state index is 0.126. The Bertz CT molecular complexity index is 524.